The lowest BCUT2D eigenvalue weighted by atomic mass is 10.00. The molecule has 0 aromatic heterocycles. The number of anilines is 1. The van der Waals surface area contributed by atoms with Gasteiger partial charge in [0.2, 0.25) is 0 Å². The van der Waals surface area contributed by atoms with Gasteiger partial charge in [0.15, 0.2) is 0 Å². The van der Waals surface area contributed by atoms with Crippen molar-refractivity contribution >= 4 is 17.7 Å². The summed E-state index contributed by atoms with van der Waals surface area (Å²) < 4.78 is 0. The van der Waals surface area contributed by atoms with Crippen LogP contribution in [0.5, 0.6) is 0 Å². The fourth-order valence-corrected chi connectivity index (χ4v) is 2.87. The SMILES string of the molecule is Cc1cccc(C)c1NC(=O)N1CCCCC1CC(=O)O. The first-order chi connectivity index (χ1) is 9.99. The van der Waals surface area contributed by atoms with E-state index in [0.717, 1.165) is 36.1 Å². The standard InChI is InChI=1S/C16H22N2O3/c1-11-6-5-7-12(2)15(11)17-16(21)18-9-4-3-8-13(18)10-14(19)20/h5-7,13H,3-4,8-10H2,1-2H3,(H,17,21)(H,19,20). The Bertz CT molecular complexity index is 522. The van der Waals surface area contributed by atoms with Gasteiger partial charge in [0.25, 0.3) is 0 Å². The summed E-state index contributed by atoms with van der Waals surface area (Å²) in [5.41, 5.74) is 2.84. The van der Waals surface area contributed by atoms with Crippen molar-refractivity contribution in [3.63, 3.8) is 0 Å². The van der Waals surface area contributed by atoms with Gasteiger partial charge in [-0.1, -0.05) is 18.2 Å². The number of para-hydroxylation sites is 1. The van der Waals surface area contributed by atoms with Gasteiger partial charge < -0.3 is 15.3 Å². The van der Waals surface area contributed by atoms with Gasteiger partial charge in [-0.05, 0) is 44.2 Å². The number of carboxylic acid groups (broad SMARTS) is 1. The zero-order chi connectivity index (χ0) is 15.4. The maximum absolute atomic E-state index is 12.5. The summed E-state index contributed by atoms with van der Waals surface area (Å²) in [5, 5.41) is 11.9. The molecule has 2 rings (SSSR count). The number of hydrogen-bond acceptors (Lipinski definition) is 2. The Labute approximate surface area is 125 Å². The minimum atomic E-state index is -0.855. The van der Waals surface area contributed by atoms with Gasteiger partial charge >= 0.3 is 12.0 Å². The third-order valence-electron chi connectivity index (χ3n) is 4.01. The molecule has 1 atom stereocenters. The molecule has 0 bridgehead atoms. The van der Waals surface area contributed by atoms with E-state index >= 15 is 0 Å². The molecule has 1 saturated heterocycles. The normalized spacial score (nSPS) is 18.4. The number of piperidine rings is 1. The summed E-state index contributed by atoms with van der Waals surface area (Å²) in [6.07, 6.45) is 2.67. The quantitative estimate of drug-likeness (QED) is 0.898. The van der Waals surface area contributed by atoms with Gasteiger partial charge in [-0.15, -0.1) is 0 Å². The number of nitrogens with zero attached hydrogens (tertiary/aromatic N) is 1. The number of rotatable bonds is 3. The lowest BCUT2D eigenvalue weighted by Gasteiger charge is -2.35. The van der Waals surface area contributed by atoms with E-state index in [9.17, 15) is 9.59 Å². The van der Waals surface area contributed by atoms with E-state index in [1.54, 1.807) is 4.90 Å². The number of aryl methyl sites for hydroxylation is 2. The van der Waals surface area contributed by atoms with E-state index in [1.165, 1.54) is 0 Å². The molecule has 0 radical (unpaired) electrons. The molecule has 0 saturated carbocycles. The molecule has 114 valence electrons. The third-order valence-corrected chi connectivity index (χ3v) is 4.01. The maximum Gasteiger partial charge on any atom is 0.322 e. The lowest BCUT2D eigenvalue weighted by Crippen LogP contribution is -2.46. The second-order valence-electron chi connectivity index (χ2n) is 5.64. The van der Waals surface area contributed by atoms with E-state index in [4.69, 9.17) is 5.11 Å². The second kappa shape index (κ2) is 6.61. The molecule has 0 spiro atoms. The van der Waals surface area contributed by atoms with Crippen molar-refractivity contribution < 1.29 is 14.7 Å². The van der Waals surface area contributed by atoms with Crippen LogP contribution in [0.3, 0.4) is 0 Å². The molecule has 1 heterocycles. The first-order valence-electron chi connectivity index (χ1n) is 7.34. The molecule has 1 aromatic rings. The molecule has 1 aliphatic heterocycles. The fraction of sp³-hybridized carbons (Fsp3) is 0.500. The van der Waals surface area contributed by atoms with E-state index in [-0.39, 0.29) is 18.5 Å². The van der Waals surface area contributed by atoms with Crippen LogP contribution in [-0.4, -0.2) is 34.6 Å². The molecule has 0 aliphatic carbocycles. The number of carboxylic acids is 1. The Morgan fingerprint density at radius 1 is 1.29 bits per heavy atom. The second-order valence-corrected chi connectivity index (χ2v) is 5.64. The molecule has 5 nitrogen and oxygen atoms in total. The average Bonchev–Trinajstić information content (AvgIpc) is 2.43. The Balaban J connectivity index is 2.12. The molecular formula is C16H22N2O3. The van der Waals surface area contributed by atoms with Crippen LogP contribution >= 0.6 is 0 Å². The van der Waals surface area contributed by atoms with Crippen LogP contribution in [0.15, 0.2) is 18.2 Å². The number of nitrogens with one attached hydrogen (secondary N) is 1. The van der Waals surface area contributed by atoms with Gasteiger partial charge in [0, 0.05) is 18.3 Å². The zero-order valence-electron chi connectivity index (χ0n) is 12.6. The van der Waals surface area contributed by atoms with Gasteiger partial charge in [0.1, 0.15) is 0 Å². The molecule has 2 N–H and O–H groups in total. The topological polar surface area (TPSA) is 69.6 Å². The average molecular weight is 290 g/mol. The van der Waals surface area contributed by atoms with Gasteiger partial charge in [-0.25, -0.2) is 4.79 Å². The van der Waals surface area contributed by atoms with Crippen molar-refractivity contribution in [2.24, 2.45) is 0 Å². The predicted molar refractivity (Wildman–Crippen MR) is 81.5 cm³/mol. The van der Waals surface area contributed by atoms with E-state index < -0.39 is 5.97 Å². The summed E-state index contributed by atoms with van der Waals surface area (Å²) in [6.45, 7) is 4.52. The summed E-state index contributed by atoms with van der Waals surface area (Å²) >= 11 is 0. The minimum absolute atomic E-state index is 0.0141. The number of amides is 2. The first kappa shape index (κ1) is 15.4. The van der Waals surface area contributed by atoms with Crippen LogP contribution in [0.2, 0.25) is 0 Å². The van der Waals surface area contributed by atoms with E-state index in [1.807, 2.05) is 32.0 Å². The zero-order valence-corrected chi connectivity index (χ0v) is 12.6. The maximum atomic E-state index is 12.5. The molecule has 1 unspecified atom stereocenters. The molecule has 2 amide bonds. The largest absolute Gasteiger partial charge is 0.481 e. The molecule has 1 fully saturated rings. The van der Waals surface area contributed by atoms with E-state index in [2.05, 4.69) is 5.32 Å². The van der Waals surface area contributed by atoms with Gasteiger partial charge in [-0.2, -0.15) is 0 Å². The van der Waals surface area contributed by atoms with Crippen LogP contribution in [0.1, 0.15) is 36.8 Å². The van der Waals surface area contributed by atoms with Crippen LogP contribution in [0.25, 0.3) is 0 Å². The highest BCUT2D eigenvalue weighted by Gasteiger charge is 2.28. The molecule has 1 aliphatic rings. The minimum Gasteiger partial charge on any atom is -0.481 e. The number of likely N-dealkylation sites (tertiary alicyclic amines) is 1. The number of aliphatic carboxylic acids is 1. The number of carbonyl (C=O) groups excluding carboxylic acids is 1. The van der Waals surface area contributed by atoms with Crippen LogP contribution in [0, 0.1) is 13.8 Å². The Morgan fingerprint density at radius 3 is 2.57 bits per heavy atom. The van der Waals surface area contributed by atoms with Crippen LogP contribution in [0.4, 0.5) is 10.5 Å². The molecule has 21 heavy (non-hydrogen) atoms. The lowest BCUT2D eigenvalue weighted by molar-refractivity contribution is -0.138. The number of benzene rings is 1. The van der Waals surface area contributed by atoms with Crippen molar-refractivity contribution in [2.75, 3.05) is 11.9 Å². The summed E-state index contributed by atoms with van der Waals surface area (Å²) in [4.78, 5) is 25.1. The van der Waals surface area contributed by atoms with Crippen molar-refractivity contribution in [1.29, 1.82) is 0 Å². The summed E-state index contributed by atoms with van der Waals surface area (Å²) in [7, 11) is 0. The molecule has 1 aromatic carbocycles. The van der Waals surface area contributed by atoms with Gasteiger partial charge in [-0.3, -0.25) is 4.79 Å². The fourth-order valence-electron chi connectivity index (χ4n) is 2.87. The highest BCUT2D eigenvalue weighted by atomic mass is 16.4. The Morgan fingerprint density at radius 2 is 1.95 bits per heavy atom. The highest BCUT2D eigenvalue weighted by Crippen LogP contribution is 2.24. The van der Waals surface area contributed by atoms with Crippen LogP contribution in [-0.2, 0) is 4.79 Å². The van der Waals surface area contributed by atoms with E-state index in [0.29, 0.717) is 6.54 Å². The summed E-state index contributed by atoms with van der Waals surface area (Å²) in [6, 6.07) is 5.45. The third kappa shape index (κ3) is 3.74. The monoisotopic (exact) mass is 290 g/mol. The highest BCUT2D eigenvalue weighted by molar-refractivity contribution is 5.91. The predicted octanol–water partition coefficient (Wildman–Crippen LogP) is 3.16. The number of carbonyl (C=O) groups is 2. The van der Waals surface area contributed by atoms with Crippen molar-refractivity contribution in [1.82, 2.24) is 4.90 Å². The Hall–Kier alpha value is -2.04. The molecule has 5 heteroatoms. The number of urea groups is 1. The molecular weight excluding hydrogens is 268 g/mol. The summed E-state index contributed by atoms with van der Waals surface area (Å²) in [5.74, 6) is -0.855. The van der Waals surface area contributed by atoms with Crippen molar-refractivity contribution in [3.8, 4) is 0 Å². The Kier molecular flexibility index (Phi) is 4.83. The smallest absolute Gasteiger partial charge is 0.322 e. The first-order valence-corrected chi connectivity index (χ1v) is 7.34. The van der Waals surface area contributed by atoms with Crippen LogP contribution < -0.4 is 5.32 Å². The van der Waals surface area contributed by atoms with Crippen molar-refractivity contribution in [2.45, 2.75) is 45.6 Å². The van der Waals surface area contributed by atoms with Crippen molar-refractivity contribution in [3.05, 3.63) is 29.3 Å². The number of hydrogen-bond donors (Lipinski definition) is 2. The van der Waals surface area contributed by atoms with Gasteiger partial charge in [0.05, 0.1) is 6.42 Å².